The summed E-state index contributed by atoms with van der Waals surface area (Å²) < 4.78 is 18.2. The van der Waals surface area contributed by atoms with Crippen LogP contribution in [0.3, 0.4) is 0 Å². The van der Waals surface area contributed by atoms with Gasteiger partial charge in [0.1, 0.15) is 11.5 Å². The van der Waals surface area contributed by atoms with Gasteiger partial charge in [0.25, 0.3) is 0 Å². The Hall–Kier alpha value is -2.82. The lowest BCUT2D eigenvalue weighted by atomic mass is 9.65. The van der Waals surface area contributed by atoms with E-state index in [-0.39, 0.29) is 22.4 Å². The zero-order chi connectivity index (χ0) is 25.5. The summed E-state index contributed by atoms with van der Waals surface area (Å²) in [6, 6.07) is 3.99. The number of ketones is 2. The van der Waals surface area contributed by atoms with Gasteiger partial charge in [0, 0.05) is 48.3 Å². The fourth-order valence-corrected chi connectivity index (χ4v) is 5.68. The number of Topliss-reactive ketones (excluding diaryl/α,β-unsaturated/α-hetero) is 2. The van der Waals surface area contributed by atoms with Crippen molar-refractivity contribution in [3.05, 3.63) is 58.6 Å². The van der Waals surface area contributed by atoms with Crippen LogP contribution >= 0.6 is 0 Å². The molecule has 0 N–H and O–H groups in total. The van der Waals surface area contributed by atoms with Gasteiger partial charge in [-0.25, -0.2) is 0 Å². The van der Waals surface area contributed by atoms with E-state index in [1.165, 1.54) is 0 Å². The third-order valence-corrected chi connectivity index (χ3v) is 7.10. The molecule has 0 saturated carbocycles. The van der Waals surface area contributed by atoms with Crippen molar-refractivity contribution in [2.75, 3.05) is 13.7 Å². The second-order valence-corrected chi connectivity index (χ2v) is 11.6. The number of hydrogen-bond donors (Lipinski definition) is 0. The largest absolute Gasteiger partial charge is 0.493 e. The Bertz CT molecular complexity index is 1080. The summed E-state index contributed by atoms with van der Waals surface area (Å²) in [6.07, 6.45) is 5.50. The third-order valence-electron chi connectivity index (χ3n) is 7.10. The number of carbonyl (C=O) groups excluding carboxylic acids is 2. The monoisotopic (exact) mass is 478 g/mol. The number of carbonyl (C=O) groups is 2. The zero-order valence-corrected chi connectivity index (χ0v) is 22.0. The minimum absolute atomic E-state index is 0.0565. The smallest absolute Gasteiger partial charge is 0.164 e. The molecule has 0 atom stereocenters. The molecule has 35 heavy (non-hydrogen) atoms. The second-order valence-electron chi connectivity index (χ2n) is 11.6. The Morgan fingerprint density at radius 1 is 1.00 bits per heavy atom. The summed E-state index contributed by atoms with van der Waals surface area (Å²) in [4.78, 5) is 27.1. The molecule has 1 aliphatic heterocycles. The molecule has 3 aliphatic rings. The number of rotatable bonds is 7. The van der Waals surface area contributed by atoms with Gasteiger partial charge in [0.05, 0.1) is 13.7 Å². The molecule has 5 heteroatoms. The Morgan fingerprint density at radius 2 is 1.57 bits per heavy atom. The van der Waals surface area contributed by atoms with Gasteiger partial charge in [-0.15, -0.1) is 6.58 Å². The van der Waals surface area contributed by atoms with Crippen LogP contribution in [0.1, 0.15) is 83.8 Å². The van der Waals surface area contributed by atoms with E-state index in [4.69, 9.17) is 14.2 Å². The summed E-state index contributed by atoms with van der Waals surface area (Å²) in [5, 5.41) is 0. The molecular weight excluding hydrogens is 440 g/mol. The van der Waals surface area contributed by atoms with Crippen molar-refractivity contribution in [2.45, 2.75) is 79.1 Å². The Balaban J connectivity index is 1.94. The molecule has 0 unspecified atom stereocenters. The van der Waals surface area contributed by atoms with Crippen LogP contribution in [0.25, 0.3) is 0 Å². The quantitative estimate of drug-likeness (QED) is 0.413. The first-order chi connectivity index (χ1) is 16.5. The molecule has 0 bridgehead atoms. The Labute approximate surface area is 209 Å². The van der Waals surface area contributed by atoms with E-state index in [0.29, 0.717) is 61.4 Å². The fourth-order valence-electron chi connectivity index (χ4n) is 5.68. The molecular formula is C30H38O5. The predicted octanol–water partition coefficient (Wildman–Crippen LogP) is 6.61. The van der Waals surface area contributed by atoms with Crippen LogP contribution in [-0.4, -0.2) is 25.3 Å². The molecule has 1 aromatic rings. The van der Waals surface area contributed by atoms with Gasteiger partial charge in [-0.1, -0.05) is 46.8 Å². The lowest BCUT2D eigenvalue weighted by molar-refractivity contribution is -0.120. The van der Waals surface area contributed by atoms with Crippen molar-refractivity contribution >= 4 is 11.6 Å². The molecule has 0 aromatic heterocycles. The maximum atomic E-state index is 13.6. The summed E-state index contributed by atoms with van der Waals surface area (Å²) in [7, 11) is 1.62. The molecule has 1 heterocycles. The number of allylic oxidation sites excluding steroid dienone is 5. The highest BCUT2D eigenvalue weighted by Gasteiger charge is 2.48. The second kappa shape index (κ2) is 9.33. The number of methoxy groups -OCH3 is 1. The van der Waals surface area contributed by atoms with Gasteiger partial charge in [-0.2, -0.15) is 0 Å². The third kappa shape index (κ3) is 4.82. The van der Waals surface area contributed by atoms with E-state index < -0.39 is 5.92 Å². The standard InChI is InChI=1S/C30H38O5/c1-8-10-18-12-19(13-22(33-7)28(18)34-11-9-2)25-26-20(31)14-29(3,4)16-23(26)35-24-17-30(5,6)15-21(32)27(24)25/h8,12-13,25H,1,9-11,14-17H2,2-7H3. The van der Waals surface area contributed by atoms with Crippen molar-refractivity contribution in [3.8, 4) is 11.5 Å². The molecule has 0 spiro atoms. The molecule has 0 radical (unpaired) electrons. The first-order valence-electron chi connectivity index (χ1n) is 12.6. The van der Waals surface area contributed by atoms with Crippen molar-refractivity contribution in [1.82, 2.24) is 0 Å². The normalized spacial score (nSPS) is 21.3. The Morgan fingerprint density at radius 3 is 2.06 bits per heavy atom. The first kappa shape index (κ1) is 25.3. The highest BCUT2D eigenvalue weighted by atomic mass is 16.5. The van der Waals surface area contributed by atoms with E-state index in [1.807, 2.05) is 12.1 Å². The van der Waals surface area contributed by atoms with Gasteiger partial charge >= 0.3 is 0 Å². The van der Waals surface area contributed by atoms with Gasteiger partial charge in [0.2, 0.25) is 0 Å². The average Bonchev–Trinajstić information content (AvgIpc) is 2.74. The number of hydrogen-bond acceptors (Lipinski definition) is 5. The molecule has 188 valence electrons. The van der Waals surface area contributed by atoms with E-state index >= 15 is 0 Å². The molecule has 1 aromatic carbocycles. The minimum atomic E-state index is -0.460. The maximum Gasteiger partial charge on any atom is 0.164 e. The van der Waals surface area contributed by atoms with E-state index in [9.17, 15) is 9.59 Å². The lowest BCUT2D eigenvalue weighted by Gasteiger charge is -2.42. The molecule has 5 nitrogen and oxygen atoms in total. The van der Waals surface area contributed by atoms with Crippen LogP contribution < -0.4 is 9.47 Å². The van der Waals surface area contributed by atoms with Crippen molar-refractivity contribution in [2.24, 2.45) is 10.8 Å². The van der Waals surface area contributed by atoms with E-state index in [2.05, 4.69) is 47.3 Å². The van der Waals surface area contributed by atoms with Crippen LogP contribution in [0.4, 0.5) is 0 Å². The molecule has 0 fully saturated rings. The highest BCUT2D eigenvalue weighted by molar-refractivity contribution is 6.06. The predicted molar refractivity (Wildman–Crippen MR) is 137 cm³/mol. The van der Waals surface area contributed by atoms with Crippen molar-refractivity contribution in [1.29, 1.82) is 0 Å². The fraction of sp³-hybridized carbons (Fsp3) is 0.533. The molecule has 0 amide bonds. The topological polar surface area (TPSA) is 61.8 Å². The molecule has 0 saturated heterocycles. The van der Waals surface area contributed by atoms with Crippen LogP contribution in [0.5, 0.6) is 11.5 Å². The zero-order valence-electron chi connectivity index (χ0n) is 22.0. The van der Waals surface area contributed by atoms with Gasteiger partial charge in [-0.3, -0.25) is 9.59 Å². The highest BCUT2D eigenvalue weighted by Crippen LogP contribution is 2.54. The molecule has 2 aliphatic carbocycles. The van der Waals surface area contributed by atoms with Crippen molar-refractivity contribution < 1.29 is 23.8 Å². The summed E-state index contributed by atoms with van der Waals surface area (Å²) in [6.45, 7) is 14.9. The van der Waals surface area contributed by atoms with Crippen LogP contribution in [0, 0.1) is 10.8 Å². The maximum absolute atomic E-state index is 13.6. The van der Waals surface area contributed by atoms with Gasteiger partial charge < -0.3 is 14.2 Å². The first-order valence-corrected chi connectivity index (χ1v) is 12.6. The average molecular weight is 479 g/mol. The van der Waals surface area contributed by atoms with Gasteiger partial charge in [-0.05, 0) is 35.3 Å². The minimum Gasteiger partial charge on any atom is -0.493 e. The molecule has 4 rings (SSSR count). The summed E-state index contributed by atoms with van der Waals surface area (Å²) >= 11 is 0. The van der Waals surface area contributed by atoms with Crippen LogP contribution in [0.15, 0.2) is 47.5 Å². The SMILES string of the molecule is C=CCc1cc(C2C3=C(CC(C)(C)CC3=O)OC3=C2C(=O)CC(C)(C)C3)cc(OC)c1OCCC. The van der Waals surface area contributed by atoms with Crippen LogP contribution in [-0.2, 0) is 20.7 Å². The summed E-state index contributed by atoms with van der Waals surface area (Å²) in [5.41, 5.74) is 2.69. The van der Waals surface area contributed by atoms with Crippen LogP contribution in [0.2, 0.25) is 0 Å². The van der Waals surface area contributed by atoms with Crippen molar-refractivity contribution in [3.63, 3.8) is 0 Å². The van der Waals surface area contributed by atoms with E-state index in [1.54, 1.807) is 7.11 Å². The summed E-state index contributed by atoms with van der Waals surface area (Å²) in [5.74, 6) is 2.39. The lowest BCUT2D eigenvalue weighted by Crippen LogP contribution is -2.37. The van der Waals surface area contributed by atoms with E-state index in [0.717, 1.165) is 29.1 Å². The van der Waals surface area contributed by atoms with Gasteiger partial charge in [0.15, 0.2) is 23.1 Å². The number of benzene rings is 1. The Kier molecular flexibility index (Phi) is 6.74. The number of ether oxygens (including phenoxy) is 3.